The number of thiophene rings is 1. The minimum Gasteiger partial charge on any atom is -0.466 e. The first-order valence-corrected chi connectivity index (χ1v) is 8.24. The minimum absolute atomic E-state index is 0.124. The molecule has 2 heterocycles. The lowest BCUT2D eigenvalue weighted by molar-refractivity contribution is -0.144. The van der Waals surface area contributed by atoms with Crippen LogP contribution in [-0.2, 0) is 16.0 Å². The van der Waals surface area contributed by atoms with Crippen LogP contribution in [0.4, 0.5) is 5.82 Å². The summed E-state index contributed by atoms with van der Waals surface area (Å²) >= 11 is 1.67. The van der Waals surface area contributed by atoms with E-state index in [1.165, 1.54) is 4.88 Å². The number of nitrogens with one attached hydrogen (secondary N) is 1. The number of ether oxygens (including phenoxy) is 1. The highest BCUT2D eigenvalue weighted by Gasteiger charge is 2.34. The van der Waals surface area contributed by atoms with E-state index in [1.54, 1.807) is 17.7 Å². The van der Waals surface area contributed by atoms with Gasteiger partial charge < -0.3 is 10.1 Å². The van der Waals surface area contributed by atoms with Crippen molar-refractivity contribution >= 4 is 33.3 Å². The van der Waals surface area contributed by atoms with Crippen molar-refractivity contribution in [2.45, 2.75) is 39.0 Å². The molecule has 0 fully saturated rings. The molecule has 2 aromatic rings. The SMILES string of the molecule is CCCNc1ncnc2sc3c(c12)[C@H](C(=O)OCC)CC3. The van der Waals surface area contributed by atoms with Crippen LogP contribution in [0.5, 0.6) is 0 Å². The molecule has 0 radical (unpaired) electrons. The lowest BCUT2D eigenvalue weighted by Gasteiger charge is -2.12. The van der Waals surface area contributed by atoms with Gasteiger partial charge in [0.2, 0.25) is 0 Å². The van der Waals surface area contributed by atoms with Gasteiger partial charge in [-0.2, -0.15) is 0 Å². The van der Waals surface area contributed by atoms with Crippen molar-refractivity contribution in [2.24, 2.45) is 0 Å². The van der Waals surface area contributed by atoms with Crippen LogP contribution in [0.15, 0.2) is 6.33 Å². The Morgan fingerprint density at radius 3 is 3.10 bits per heavy atom. The molecule has 0 aromatic carbocycles. The third-order valence-electron chi connectivity index (χ3n) is 3.72. The Hall–Kier alpha value is -1.69. The van der Waals surface area contributed by atoms with E-state index in [1.807, 2.05) is 6.92 Å². The lowest BCUT2D eigenvalue weighted by Crippen LogP contribution is -2.14. The van der Waals surface area contributed by atoms with Gasteiger partial charge in [-0.3, -0.25) is 4.79 Å². The van der Waals surface area contributed by atoms with Gasteiger partial charge >= 0.3 is 5.97 Å². The molecule has 1 atom stereocenters. The molecule has 112 valence electrons. The lowest BCUT2D eigenvalue weighted by atomic mass is 10.0. The zero-order chi connectivity index (χ0) is 14.8. The third kappa shape index (κ3) is 2.48. The third-order valence-corrected chi connectivity index (χ3v) is 4.90. The summed E-state index contributed by atoms with van der Waals surface area (Å²) in [6.07, 6.45) is 4.37. The number of carbonyl (C=O) groups excluding carboxylic acids is 1. The van der Waals surface area contributed by atoms with Crippen LogP contribution in [0.2, 0.25) is 0 Å². The van der Waals surface area contributed by atoms with E-state index in [0.29, 0.717) is 6.61 Å². The van der Waals surface area contributed by atoms with Gasteiger partial charge in [0.05, 0.1) is 17.9 Å². The normalized spacial score (nSPS) is 17.0. The fourth-order valence-electron chi connectivity index (χ4n) is 2.83. The molecule has 0 aliphatic heterocycles. The summed E-state index contributed by atoms with van der Waals surface area (Å²) in [6, 6.07) is 0. The largest absolute Gasteiger partial charge is 0.466 e. The Bertz CT molecular complexity index is 668. The number of fused-ring (bicyclic) bond motifs is 3. The fourth-order valence-corrected chi connectivity index (χ4v) is 4.05. The molecule has 0 bridgehead atoms. The van der Waals surface area contributed by atoms with Crippen LogP contribution < -0.4 is 5.32 Å². The summed E-state index contributed by atoms with van der Waals surface area (Å²) in [5.41, 5.74) is 1.09. The van der Waals surface area contributed by atoms with E-state index in [0.717, 1.165) is 47.4 Å². The van der Waals surface area contributed by atoms with Gasteiger partial charge in [0.15, 0.2) is 0 Å². The molecule has 0 saturated carbocycles. The Kier molecular flexibility index (Phi) is 4.05. The van der Waals surface area contributed by atoms with Crippen LogP contribution in [0.25, 0.3) is 10.2 Å². The Morgan fingerprint density at radius 2 is 2.33 bits per heavy atom. The van der Waals surface area contributed by atoms with Gasteiger partial charge in [-0.05, 0) is 31.7 Å². The number of carbonyl (C=O) groups is 1. The first-order valence-electron chi connectivity index (χ1n) is 7.43. The summed E-state index contributed by atoms with van der Waals surface area (Å²) in [6.45, 7) is 5.24. The Balaban J connectivity index is 2.06. The molecular weight excluding hydrogens is 286 g/mol. The molecule has 0 amide bonds. The summed E-state index contributed by atoms with van der Waals surface area (Å²) < 4.78 is 5.23. The molecule has 1 aliphatic rings. The van der Waals surface area contributed by atoms with Gasteiger partial charge in [0.1, 0.15) is 17.0 Å². The van der Waals surface area contributed by atoms with Crippen molar-refractivity contribution in [3.63, 3.8) is 0 Å². The number of hydrogen-bond acceptors (Lipinski definition) is 6. The maximum atomic E-state index is 12.2. The van der Waals surface area contributed by atoms with Crippen molar-refractivity contribution < 1.29 is 9.53 Å². The second kappa shape index (κ2) is 5.97. The summed E-state index contributed by atoms with van der Waals surface area (Å²) in [7, 11) is 0. The predicted molar refractivity (Wildman–Crippen MR) is 83.9 cm³/mol. The van der Waals surface area contributed by atoms with Gasteiger partial charge in [-0.1, -0.05) is 6.92 Å². The van der Waals surface area contributed by atoms with E-state index >= 15 is 0 Å². The highest BCUT2D eigenvalue weighted by Crippen LogP contribution is 2.45. The molecule has 5 nitrogen and oxygen atoms in total. The maximum Gasteiger partial charge on any atom is 0.313 e. The van der Waals surface area contributed by atoms with Gasteiger partial charge in [0, 0.05) is 11.4 Å². The van der Waals surface area contributed by atoms with Crippen molar-refractivity contribution in [2.75, 3.05) is 18.5 Å². The first-order chi connectivity index (χ1) is 10.3. The zero-order valence-corrected chi connectivity index (χ0v) is 13.1. The van der Waals surface area contributed by atoms with Gasteiger partial charge in [0.25, 0.3) is 0 Å². The Labute approximate surface area is 127 Å². The molecule has 0 spiro atoms. The second-order valence-electron chi connectivity index (χ2n) is 5.11. The second-order valence-corrected chi connectivity index (χ2v) is 6.20. The highest BCUT2D eigenvalue weighted by atomic mass is 32.1. The van der Waals surface area contributed by atoms with Crippen molar-refractivity contribution in [1.29, 1.82) is 0 Å². The summed E-state index contributed by atoms with van der Waals surface area (Å²) in [4.78, 5) is 23.1. The van der Waals surface area contributed by atoms with Crippen LogP contribution in [-0.4, -0.2) is 29.1 Å². The topological polar surface area (TPSA) is 64.1 Å². The smallest absolute Gasteiger partial charge is 0.313 e. The van der Waals surface area contributed by atoms with Crippen molar-refractivity contribution in [3.8, 4) is 0 Å². The number of nitrogens with zero attached hydrogens (tertiary/aromatic N) is 2. The summed E-state index contributed by atoms with van der Waals surface area (Å²) in [5.74, 6) is 0.554. The number of anilines is 1. The summed E-state index contributed by atoms with van der Waals surface area (Å²) in [5, 5.41) is 4.36. The van der Waals surface area contributed by atoms with E-state index in [2.05, 4.69) is 22.2 Å². The number of aryl methyl sites for hydroxylation is 1. The van der Waals surface area contributed by atoms with Crippen LogP contribution >= 0.6 is 11.3 Å². The van der Waals surface area contributed by atoms with Crippen molar-refractivity contribution in [1.82, 2.24) is 9.97 Å². The quantitative estimate of drug-likeness (QED) is 0.860. The molecule has 2 aromatic heterocycles. The average Bonchev–Trinajstić information content (AvgIpc) is 3.03. The monoisotopic (exact) mass is 305 g/mol. The Morgan fingerprint density at radius 1 is 1.48 bits per heavy atom. The molecule has 0 saturated heterocycles. The maximum absolute atomic E-state index is 12.2. The van der Waals surface area contributed by atoms with Crippen LogP contribution in [0.3, 0.4) is 0 Å². The number of aromatic nitrogens is 2. The first kappa shape index (κ1) is 14.3. The fraction of sp³-hybridized carbons (Fsp3) is 0.533. The highest BCUT2D eigenvalue weighted by molar-refractivity contribution is 7.19. The number of esters is 1. The van der Waals surface area contributed by atoms with Crippen LogP contribution in [0.1, 0.15) is 43.0 Å². The van der Waals surface area contributed by atoms with Gasteiger partial charge in [-0.25, -0.2) is 9.97 Å². The number of rotatable bonds is 5. The molecule has 21 heavy (non-hydrogen) atoms. The standard InChI is InChI=1S/C15H19N3O2S/c1-3-7-16-13-12-11-9(15(19)20-4-2)5-6-10(11)21-14(12)18-8-17-13/h8-9H,3-7H2,1-2H3,(H,16,17,18)/t9-/m1/s1. The van der Waals surface area contributed by atoms with E-state index in [9.17, 15) is 4.79 Å². The minimum atomic E-state index is -0.165. The molecule has 0 unspecified atom stereocenters. The molecule has 6 heteroatoms. The van der Waals surface area contributed by atoms with Gasteiger partial charge in [-0.15, -0.1) is 11.3 Å². The van der Waals surface area contributed by atoms with E-state index < -0.39 is 0 Å². The average molecular weight is 305 g/mol. The predicted octanol–water partition coefficient (Wildman–Crippen LogP) is 3.11. The molecule has 1 aliphatic carbocycles. The zero-order valence-electron chi connectivity index (χ0n) is 12.3. The van der Waals surface area contributed by atoms with Crippen molar-refractivity contribution in [3.05, 3.63) is 16.8 Å². The molecular formula is C15H19N3O2S. The molecule has 1 N–H and O–H groups in total. The van der Waals surface area contributed by atoms with E-state index in [4.69, 9.17) is 4.74 Å². The van der Waals surface area contributed by atoms with E-state index in [-0.39, 0.29) is 11.9 Å². The number of hydrogen-bond donors (Lipinski definition) is 1. The van der Waals surface area contributed by atoms with Crippen LogP contribution in [0, 0.1) is 0 Å². The molecule has 3 rings (SSSR count).